The van der Waals surface area contributed by atoms with Gasteiger partial charge in [0.15, 0.2) is 5.13 Å². The van der Waals surface area contributed by atoms with Crippen LogP contribution in [0.2, 0.25) is 0 Å². The molecule has 0 spiro atoms. The molecule has 26 heavy (non-hydrogen) atoms. The quantitative estimate of drug-likeness (QED) is 0.734. The van der Waals surface area contributed by atoms with Crippen molar-refractivity contribution in [2.45, 2.75) is 38.3 Å². The van der Waals surface area contributed by atoms with Gasteiger partial charge in [0.25, 0.3) is 5.91 Å². The molecule has 1 aliphatic rings. The monoisotopic (exact) mass is 368 g/mol. The Balaban J connectivity index is 1.42. The minimum atomic E-state index is -0.162. The van der Waals surface area contributed by atoms with Crippen molar-refractivity contribution in [2.75, 3.05) is 5.73 Å². The molecule has 0 bridgehead atoms. The molecule has 3 aromatic rings. The minimum absolute atomic E-state index is 0.0942. The summed E-state index contributed by atoms with van der Waals surface area (Å²) in [4.78, 5) is 16.3. The van der Waals surface area contributed by atoms with Gasteiger partial charge >= 0.3 is 0 Å². The Hall–Kier alpha value is -2.74. The molecular formula is C18H20N6OS. The molecule has 7 nitrogen and oxygen atoms in total. The summed E-state index contributed by atoms with van der Waals surface area (Å²) in [5.74, 6) is 1.81. The number of rotatable bonds is 4. The van der Waals surface area contributed by atoms with E-state index in [2.05, 4.69) is 37.2 Å². The van der Waals surface area contributed by atoms with E-state index in [0.29, 0.717) is 10.8 Å². The van der Waals surface area contributed by atoms with Crippen LogP contribution in [-0.4, -0.2) is 31.7 Å². The van der Waals surface area contributed by atoms with Crippen LogP contribution in [0, 0.1) is 0 Å². The molecule has 0 aliphatic carbocycles. The minimum Gasteiger partial charge on any atom is -0.375 e. The van der Waals surface area contributed by atoms with Gasteiger partial charge in [-0.05, 0) is 18.4 Å². The maximum Gasteiger partial charge on any atom is 0.271 e. The maximum absolute atomic E-state index is 12.3. The summed E-state index contributed by atoms with van der Waals surface area (Å²) in [6, 6.07) is 10.4. The van der Waals surface area contributed by atoms with Crippen LogP contribution >= 0.6 is 11.3 Å². The van der Waals surface area contributed by atoms with E-state index in [1.807, 2.05) is 18.2 Å². The molecule has 0 fully saturated rings. The van der Waals surface area contributed by atoms with Crippen LogP contribution < -0.4 is 11.1 Å². The van der Waals surface area contributed by atoms with Crippen molar-refractivity contribution in [3.63, 3.8) is 0 Å². The Morgan fingerprint density at radius 1 is 1.27 bits per heavy atom. The van der Waals surface area contributed by atoms with Gasteiger partial charge in [0.1, 0.15) is 17.3 Å². The lowest BCUT2D eigenvalue weighted by molar-refractivity contribution is 0.0928. The van der Waals surface area contributed by atoms with Gasteiger partial charge in [0.2, 0.25) is 0 Å². The number of nitrogens with zero attached hydrogens (tertiary/aromatic N) is 4. The summed E-state index contributed by atoms with van der Waals surface area (Å²) in [5, 5.41) is 13.9. The molecule has 2 aromatic heterocycles. The van der Waals surface area contributed by atoms with Gasteiger partial charge in [-0.15, -0.1) is 21.5 Å². The third-order valence-electron chi connectivity index (χ3n) is 4.62. The summed E-state index contributed by atoms with van der Waals surface area (Å²) in [6.07, 6.45) is 3.25. The predicted molar refractivity (Wildman–Crippen MR) is 100.0 cm³/mol. The van der Waals surface area contributed by atoms with E-state index >= 15 is 0 Å². The fraction of sp³-hybridized carbons (Fsp3) is 0.333. The van der Waals surface area contributed by atoms with Crippen molar-refractivity contribution in [1.29, 1.82) is 0 Å². The number of amides is 1. The maximum atomic E-state index is 12.3. The summed E-state index contributed by atoms with van der Waals surface area (Å²) < 4.78 is 2.19. The highest BCUT2D eigenvalue weighted by molar-refractivity contribution is 7.13. The number of hydrogen-bond donors (Lipinski definition) is 2. The molecule has 1 amide bonds. The molecule has 134 valence electrons. The third-order valence-corrected chi connectivity index (χ3v) is 5.29. The molecule has 1 aromatic carbocycles. The zero-order chi connectivity index (χ0) is 17.9. The summed E-state index contributed by atoms with van der Waals surface area (Å²) in [6.45, 7) is 0.800. The van der Waals surface area contributed by atoms with Crippen molar-refractivity contribution in [1.82, 2.24) is 25.1 Å². The Labute approximate surface area is 155 Å². The molecule has 1 aliphatic heterocycles. The molecule has 3 heterocycles. The lowest BCUT2D eigenvalue weighted by Crippen LogP contribution is -2.35. The zero-order valence-corrected chi connectivity index (χ0v) is 15.1. The summed E-state index contributed by atoms with van der Waals surface area (Å²) in [5.41, 5.74) is 7.22. The Kier molecular flexibility index (Phi) is 4.66. The third kappa shape index (κ3) is 3.60. The van der Waals surface area contributed by atoms with E-state index in [1.165, 1.54) is 16.9 Å². The van der Waals surface area contributed by atoms with Gasteiger partial charge in [0.05, 0.1) is 0 Å². The SMILES string of the molecule is Nc1nc(C(=O)NC2CCc3nnc(Cc4ccccc4)n3CC2)cs1. The van der Waals surface area contributed by atoms with Crippen molar-refractivity contribution in [3.05, 3.63) is 58.6 Å². The number of aryl methyl sites for hydroxylation is 1. The smallest absolute Gasteiger partial charge is 0.271 e. The number of thiazole rings is 1. The van der Waals surface area contributed by atoms with Crippen LogP contribution in [0.25, 0.3) is 0 Å². The second-order valence-electron chi connectivity index (χ2n) is 6.42. The van der Waals surface area contributed by atoms with Crippen LogP contribution in [-0.2, 0) is 19.4 Å². The van der Waals surface area contributed by atoms with Gasteiger partial charge in [-0.2, -0.15) is 0 Å². The van der Waals surface area contributed by atoms with Crippen molar-refractivity contribution in [3.8, 4) is 0 Å². The van der Waals surface area contributed by atoms with E-state index in [9.17, 15) is 4.79 Å². The lowest BCUT2D eigenvalue weighted by Gasteiger charge is -2.15. The second kappa shape index (κ2) is 7.25. The highest BCUT2D eigenvalue weighted by atomic mass is 32.1. The average Bonchev–Trinajstić information content (AvgIpc) is 3.19. The zero-order valence-electron chi connectivity index (χ0n) is 14.3. The molecular weight excluding hydrogens is 348 g/mol. The van der Waals surface area contributed by atoms with Crippen LogP contribution in [0.3, 0.4) is 0 Å². The van der Waals surface area contributed by atoms with Gasteiger partial charge in [-0.25, -0.2) is 4.98 Å². The van der Waals surface area contributed by atoms with E-state index in [0.717, 1.165) is 43.9 Å². The first kappa shape index (κ1) is 16.7. The number of nitrogens with two attached hydrogens (primary N) is 1. The molecule has 3 N–H and O–H groups in total. The van der Waals surface area contributed by atoms with Crippen LogP contribution in [0.5, 0.6) is 0 Å². The topological polar surface area (TPSA) is 98.7 Å². The summed E-state index contributed by atoms with van der Waals surface area (Å²) in [7, 11) is 0. The van der Waals surface area contributed by atoms with Gasteiger partial charge < -0.3 is 15.6 Å². The number of aromatic nitrogens is 4. The number of carbonyl (C=O) groups is 1. The van der Waals surface area contributed by atoms with Crippen LogP contribution in [0.4, 0.5) is 5.13 Å². The first-order chi connectivity index (χ1) is 12.7. The normalized spacial score (nSPS) is 16.7. The number of hydrogen-bond acceptors (Lipinski definition) is 6. The second-order valence-corrected chi connectivity index (χ2v) is 7.30. The molecule has 0 saturated carbocycles. The predicted octanol–water partition coefficient (Wildman–Crippen LogP) is 2.04. The Bertz CT molecular complexity index is 904. The molecule has 0 radical (unpaired) electrons. The number of carbonyl (C=O) groups excluding carboxylic acids is 1. The summed E-state index contributed by atoms with van der Waals surface area (Å²) >= 11 is 1.28. The van der Waals surface area contributed by atoms with Crippen LogP contribution in [0.1, 0.15) is 40.5 Å². The first-order valence-corrected chi connectivity index (χ1v) is 9.54. The number of fused-ring (bicyclic) bond motifs is 1. The molecule has 0 saturated heterocycles. The average molecular weight is 368 g/mol. The van der Waals surface area contributed by atoms with E-state index in [4.69, 9.17) is 5.73 Å². The van der Waals surface area contributed by atoms with Crippen molar-refractivity contribution < 1.29 is 4.79 Å². The highest BCUT2D eigenvalue weighted by Crippen LogP contribution is 2.18. The van der Waals surface area contributed by atoms with Crippen molar-refractivity contribution in [2.24, 2.45) is 0 Å². The Morgan fingerprint density at radius 3 is 2.88 bits per heavy atom. The number of benzene rings is 1. The van der Waals surface area contributed by atoms with Crippen LogP contribution in [0.15, 0.2) is 35.7 Å². The van der Waals surface area contributed by atoms with E-state index in [-0.39, 0.29) is 11.9 Å². The van der Waals surface area contributed by atoms with Gasteiger partial charge in [0, 0.05) is 30.8 Å². The first-order valence-electron chi connectivity index (χ1n) is 8.66. The Morgan fingerprint density at radius 2 is 2.12 bits per heavy atom. The fourth-order valence-corrected chi connectivity index (χ4v) is 3.80. The molecule has 1 atom stereocenters. The standard InChI is InChI=1S/C18H20N6OS/c19-18-21-14(11-26-18)17(25)20-13-6-7-15-22-23-16(24(15)9-8-13)10-12-4-2-1-3-5-12/h1-5,11,13H,6-10H2,(H2,19,21)(H,20,25). The lowest BCUT2D eigenvalue weighted by atomic mass is 10.1. The number of nitrogen functional groups attached to an aromatic ring is 1. The number of nitrogens with one attached hydrogen (secondary N) is 1. The number of anilines is 1. The highest BCUT2D eigenvalue weighted by Gasteiger charge is 2.22. The largest absolute Gasteiger partial charge is 0.375 e. The van der Waals surface area contributed by atoms with Gasteiger partial charge in [-0.3, -0.25) is 4.79 Å². The van der Waals surface area contributed by atoms with Crippen molar-refractivity contribution >= 4 is 22.4 Å². The van der Waals surface area contributed by atoms with E-state index in [1.54, 1.807) is 5.38 Å². The molecule has 8 heteroatoms. The van der Waals surface area contributed by atoms with Gasteiger partial charge in [-0.1, -0.05) is 30.3 Å². The molecule has 4 rings (SSSR count). The fourth-order valence-electron chi connectivity index (χ4n) is 3.25. The molecule has 1 unspecified atom stereocenters. The van der Waals surface area contributed by atoms with E-state index < -0.39 is 0 Å².